The van der Waals surface area contributed by atoms with Crippen LogP contribution in [-0.4, -0.2) is 24.4 Å². The number of hydrogen-bond acceptors (Lipinski definition) is 4. The van der Waals surface area contributed by atoms with Crippen LogP contribution in [0.5, 0.6) is 0 Å². The smallest absolute Gasteiger partial charge is 0.339 e. The Morgan fingerprint density at radius 3 is 2.48 bits per heavy atom. The number of carbonyl (C=O) groups excluding carboxylic acids is 1. The van der Waals surface area contributed by atoms with Crippen molar-refractivity contribution in [1.82, 2.24) is 23.8 Å². The Labute approximate surface area is 147 Å². The van der Waals surface area contributed by atoms with E-state index >= 15 is 0 Å². The highest BCUT2D eigenvalue weighted by Crippen LogP contribution is 2.15. The molecule has 0 aliphatic rings. The van der Waals surface area contributed by atoms with Crippen LogP contribution in [0.3, 0.4) is 0 Å². The molecule has 0 fully saturated rings. The van der Waals surface area contributed by atoms with E-state index < -0.39 is 11.4 Å². The first-order valence-electron chi connectivity index (χ1n) is 7.53. The third kappa shape index (κ3) is 3.08. The first kappa shape index (κ1) is 17.0. The van der Waals surface area contributed by atoms with E-state index in [0.29, 0.717) is 6.54 Å². The van der Waals surface area contributed by atoms with Crippen LogP contribution >= 0.6 is 11.6 Å². The molecule has 2 heterocycles. The second-order valence-corrected chi connectivity index (χ2v) is 5.97. The molecule has 1 N–H and O–H groups in total. The van der Waals surface area contributed by atoms with Gasteiger partial charge in [-0.3, -0.25) is 9.36 Å². The number of fused-ring (bicyclic) bond motifs is 1. The van der Waals surface area contributed by atoms with Gasteiger partial charge >= 0.3 is 11.4 Å². The summed E-state index contributed by atoms with van der Waals surface area (Å²) in [4.78, 5) is 40.6. The van der Waals surface area contributed by atoms with Crippen molar-refractivity contribution >= 4 is 23.3 Å². The van der Waals surface area contributed by atoms with Gasteiger partial charge in [0.15, 0.2) is 5.15 Å². The highest BCUT2D eigenvalue weighted by Gasteiger charge is 2.20. The lowest BCUT2D eigenvalue weighted by atomic mass is 10.2. The standard InChI is InChI=1S/C16H16ClN5O3/c1-20-14-19-13(17)11(22(14)16(25)21(2)15(20)24)8-12(23)18-9-10-6-4-3-5-7-10/h3-7H,8-9H2,1-2H3,(H,18,23). The molecule has 0 aliphatic heterocycles. The molecule has 3 rings (SSSR count). The van der Waals surface area contributed by atoms with E-state index in [1.807, 2.05) is 30.3 Å². The molecule has 8 nitrogen and oxygen atoms in total. The fourth-order valence-electron chi connectivity index (χ4n) is 2.55. The SMILES string of the molecule is Cn1c(=O)n(C)c2nc(Cl)c(CC(=O)NCc3ccccc3)n2c1=O. The van der Waals surface area contributed by atoms with Crippen molar-refractivity contribution in [3.8, 4) is 0 Å². The van der Waals surface area contributed by atoms with Crippen LogP contribution < -0.4 is 16.7 Å². The van der Waals surface area contributed by atoms with E-state index in [2.05, 4.69) is 10.3 Å². The zero-order valence-electron chi connectivity index (χ0n) is 13.7. The molecule has 0 saturated carbocycles. The van der Waals surface area contributed by atoms with Gasteiger partial charge in [-0.25, -0.2) is 18.6 Å². The molecule has 1 aromatic carbocycles. The fraction of sp³-hybridized carbons (Fsp3) is 0.250. The van der Waals surface area contributed by atoms with Crippen LogP contribution in [0.25, 0.3) is 5.78 Å². The molecule has 0 saturated heterocycles. The summed E-state index contributed by atoms with van der Waals surface area (Å²) < 4.78 is 3.33. The summed E-state index contributed by atoms with van der Waals surface area (Å²) in [5.41, 5.74) is 0.0967. The molecule has 0 unspecified atom stereocenters. The zero-order valence-corrected chi connectivity index (χ0v) is 14.4. The number of nitrogens with one attached hydrogen (secondary N) is 1. The Balaban J connectivity index is 1.91. The minimum Gasteiger partial charge on any atom is -0.352 e. The van der Waals surface area contributed by atoms with Crippen LogP contribution in [0, 0.1) is 0 Å². The first-order chi connectivity index (χ1) is 11.9. The minimum absolute atomic E-state index is 0.0214. The Bertz CT molecular complexity index is 1070. The van der Waals surface area contributed by atoms with E-state index in [1.54, 1.807) is 0 Å². The second-order valence-electron chi connectivity index (χ2n) is 5.61. The Morgan fingerprint density at radius 2 is 1.80 bits per heavy atom. The van der Waals surface area contributed by atoms with E-state index in [9.17, 15) is 14.4 Å². The maximum Gasteiger partial charge on any atom is 0.339 e. The summed E-state index contributed by atoms with van der Waals surface area (Å²) in [6.07, 6.45) is -0.125. The quantitative estimate of drug-likeness (QED) is 0.721. The third-order valence-electron chi connectivity index (χ3n) is 3.92. The molecule has 0 bridgehead atoms. The lowest BCUT2D eigenvalue weighted by molar-refractivity contribution is -0.120. The molecule has 25 heavy (non-hydrogen) atoms. The zero-order chi connectivity index (χ0) is 18.1. The van der Waals surface area contributed by atoms with Crippen molar-refractivity contribution in [2.24, 2.45) is 14.1 Å². The number of aryl methyl sites for hydroxylation is 1. The molecule has 3 aromatic rings. The number of rotatable bonds is 4. The Morgan fingerprint density at radius 1 is 1.12 bits per heavy atom. The van der Waals surface area contributed by atoms with Gasteiger partial charge in [-0.2, -0.15) is 4.98 Å². The van der Waals surface area contributed by atoms with Gasteiger partial charge in [-0.1, -0.05) is 41.9 Å². The average Bonchev–Trinajstić information content (AvgIpc) is 2.94. The molecular weight excluding hydrogens is 346 g/mol. The molecule has 0 aliphatic carbocycles. The van der Waals surface area contributed by atoms with E-state index in [1.165, 1.54) is 23.1 Å². The normalized spacial score (nSPS) is 11.0. The molecule has 130 valence electrons. The van der Waals surface area contributed by atoms with Crippen LogP contribution in [0.1, 0.15) is 11.3 Å². The van der Waals surface area contributed by atoms with Crippen LogP contribution in [0.4, 0.5) is 0 Å². The maximum absolute atomic E-state index is 12.4. The van der Waals surface area contributed by atoms with Gasteiger partial charge in [0.1, 0.15) is 0 Å². The summed E-state index contributed by atoms with van der Waals surface area (Å²) in [5, 5.41) is 2.79. The van der Waals surface area contributed by atoms with Crippen molar-refractivity contribution in [2.45, 2.75) is 13.0 Å². The van der Waals surface area contributed by atoms with Gasteiger partial charge in [0, 0.05) is 20.6 Å². The molecule has 1 amide bonds. The number of nitrogens with zero attached hydrogens (tertiary/aromatic N) is 4. The first-order valence-corrected chi connectivity index (χ1v) is 7.91. The fourth-order valence-corrected chi connectivity index (χ4v) is 2.77. The van der Waals surface area contributed by atoms with Crippen molar-refractivity contribution in [1.29, 1.82) is 0 Å². The molecule has 0 atom stereocenters. The van der Waals surface area contributed by atoms with E-state index in [-0.39, 0.29) is 29.0 Å². The van der Waals surface area contributed by atoms with Gasteiger partial charge < -0.3 is 5.32 Å². The monoisotopic (exact) mass is 361 g/mol. The van der Waals surface area contributed by atoms with Crippen LogP contribution in [0.2, 0.25) is 5.15 Å². The average molecular weight is 362 g/mol. The number of hydrogen-bond donors (Lipinski definition) is 1. The van der Waals surface area contributed by atoms with Crippen molar-refractivity contribution in [3.05, 3.63) is 67.7 Å². The molecule has 0 spiro atoms. The topological polar surface area (TPSA) is 90.4 Å². The summed E-state index contributed by atoms with van der Waals surface area (Å²) in [5.74, 6) is -0.201. The summed E-state index contributed by atoms with van der Waals surface area (Å²) in [6.45, 7) is 0.366. The Hall–Kier alpha value is -2.87. The van der Waals surface area contributed by atoms with Crippen molar-refractivity contribution < 1.29 is 4.79 Å². The summed E-state index contributed by atoms with van der Waals surface area (Å²) >= 11 is 6.10. The second kappa shape index (κ2) is 6.56. The number of amides is 1. The molecule has 2 aromatic heterocycles. The van der Waals surface area contributed by atoms with Crippen LogP contribution in [-0.2, 0) is 31.9 Å². The maximum atomic E-state index is 12.4. The highest BCUT2D eigenvalue weighted by molar-refractivity contribution is 6.30. The number of aromatic nitrogens is 4. The van der Waals surface area contributed by atoms with Gasteiger partial charge in [-0.05, 0) is 5.56 Å². The third-order valence-corrected chi connectivity index (χ3v) is 4.22. The van der Waals surface area contributed by atoms with Crippen LogP contribution in [0.15, 0.2) is 39.9 Å². The predicted molar refractivity (Wildman–Crippen MR) is 92.7 cm³/mol. The minimum atomic E-state index is -0.594. The number of imidazole rings is 1. The van der Waals surface area contributed by atoms with Gasteiger partial charge in [0.25, 0.3) is 0 Å². The number of halogens is 1. The molecule has 9 heteroatoms. The largest absolute Gasteiger partial charge is 0.352 e. The number of carbonyl (C=O) groups is 1. The van der Waals surface area contributed by atoms with Gasteiger partial charge in [-0.15, -0.1) is 0 Å². The highest BCUT2D eigenvalue weighted by atomic mass is 35.5. The lowest BCUT2D eigenvalue weighted by Gasteiger charge is -2.07. The van der Waals surface area contributed by atoms with Crippen molar-refractivity contribution in [2.75, 3.05) is 0 Å². The van der Waals surface area contributed by atoms with E-state index in [4.69, 9.17) is 11.6 Å². The predicted octanol–water partition coefficient (Wildman–Crippen LogP) is 0.244. The lowest BCUT2D eigenvalue weighted by Crippen LogP contribution is -2.41. The summed E-state index contributed by atoms with van der Waals surface area (Å²) in [7, 11) is 2.84. The molecule has 0 radical (unpaired) electrons. The van der Waals surface area contributed by atoms with Gasteiger partial charge in [0.05, 0.1) is 12.1 Å². The molecular formula is C16H16ClN5O3. The summed E-state index contributed by atoms with van der Waals surface area (Å²) in [6, 6.07) is 9.45. The van der Waals surface area contributed by atoms with Gasteiger partial charge in [0.2, 0.25) is 11.7 Å². The van der Waals surface area contributed by atoms with Crippen molar-refractivity contribution in [3.63, 3.8) is 0 Å². The number of benzene rings is 1. The van der Waals surface area contributed by atoms with E-state index in [0.717, 1.165) is 10.1 Å². The Kier molecular flexibility index (Phi) is 4.45.